The number of nitrogens with one attached hydrogen (secondary N) is 1. The first kappa shape index (κ1) is 19.8. The molecule has 0 spiro atoms. The molecule has 1 aliphatic rings. The molecule has 1 atom stereocenters. The summed E-state index contributed by atoms with van der Waals surface area (Å²) >= 11 is 3.35. The minimum atomic E-state index is 0.0552. The highest BCUT2D eigenvalue weighted by atomic mass is 79.9. The third-order valence-corrected chi connectivity index (χ3v) is 5.89. The van der Waals surface area contributed by atoms with E-state index in [9.17, 15) is 4.79 Å². The molecule has 1 N–H and O–H groups in total. The molecule has 0 aliphatic carbocycles. The number of benzene rings is 1. The molecule has 1 aromatic carbocycles. The van der Waals surface area contributed by atoms with Gasteiger partial charge in [0, 0.05) is 43.1 Å². The zero-order valence-corrected chi connectivity index (χ0v) is 18.0. The van der Waals surface area contributed by atoms with Crippen molar-refractivity contribution in [3.8, 4) is 0 Å². The van der Waals surface area contributed by atoms with Gasteiger partial charge in [-0.2, -0.15) is 0 Å². The number of likely N-dealkylation sites (tertiary alicyclic amines) is 1. The maximum absolute atomic E-state index is 13.5. The average Bonchev–Trinajstić information content (AvgIpc) is 2.77. The number of carbonyl (C=O) groups excluding carboxylic acids is 1. The maximum atomic E-state index is 13.5. The molecule has 0 saturated carbocycles. The van der Waals surface area contributed by atoms with Crippen LogP contribution in [0.5, 0.6) is 0 Å². The maximum Gasteiger partial charge on any atom is 0.256 e. The van der Waals surface area contributed by atoms with Crippen molar-refractivity contribution in [2.75, 3.05) is 18.4 Å². The van der Waals surface area contributed by atoms with E-state index in [2.05, 4.69) is 49.2 Å². The Bertz CT molecular complexity index is 1010. The monoisotopic (exact) mass is 453 g/mol. The van der Waals surface area contributed by atoms with Gasteiger partial charge in [0.05, 0.1) is 15.6 Å². The first-order valence-electron chi connectivity index (χ1n) is 10.1. The van der Waals surface area contributed by atoms with Gasteiger partial charge >= 0.3 is 0 Å². The van der Waals surface area contributed by atoms with Crippen LogP contribution >= 0.6 is 15.9 Å². The normalized spacial score (nSPS) is 16.8. The molecule has 6 nitrogen and oxygen atoms in total. The van der Waals surface area contributed by atoms with E-state index in [4.69, 9.17) is 0 Å². The summed E-state index contributed by atoms with van der Waals surface area (Å²) in [5.41, 5.74) is 2.70. The van der Waals surface area contributed by atoms with Gasteiger partial charge in [0.2, 0.25) is 5.95 Å². The molecule has 1 amide bonds. The first-order chi connectivity index (χ1) is 14.2. The SMILES string of the molecule is CCc1ccnc2c(C(=O)N3CCCCC3CNc3ncc(Br)cn3)cccc12. The number of para-hydroxylation sites is 1. The highest BCUT2D eigenvalue weighted by Gasteiger charge is 2.28. The summed E-state index contributed by atoms with van der Waals surface area (Å²) in [4.78, 5) is 28.6. The molecule has 150 valence electrons. The number of pyridine rings is 1. The van der Waals surface area contributed by atoms with Crippen molar-refractivity contribution >= 4 is 38.7 Å². The molecule has 3 aromatic rings. The van der Waals surface area contributed by atoms with Gasteiger partial charge in [0.25, 0.3) is 5.91 Å². The number of hydrogen-bond donors (Lipinski definition) is 1. The minimum Gasteiger partial charge on any atom is -0.352 e. The lowest BCUT2D eigenvalue weighted by Gasteiger charge is -2.36. The Morgan fingerprint density at radius 3 is 2.83 bits per heavy atom. The molecule has 0 radical (unpaired) electrons. The number of nitrogens with zero attached hydrogens (tertiary/aromatic N) is 4. The summed E-state index contributed by atoms with van der Waals surface area (Å²) in [6.45, 7) is 3.52. The van der Waals surface area contributed by atoms with Gasteiger partial charge < -0.3 is 10.2 Å². The third-order valence-electron chi connectivity index (χ3n) is 5.48. The number of carbonyl (C=O) groups is 1. The van der Waals surface area contributed by atoms with Gasteiger partial charge in [0.1, 0.15) is 0 Å². The zero-order chi connectivity index (χ0) is 20.2. The largest absolute Gasteiger partial charge is 0.352 e. The fourth-order valence-corrected chi connectivity index (χ4v) is 4.17. The molecule has 29 heavy (non-hydrogen) atoms. The number of piperidine rings is 1. The minimum absolute atomic E-state index is 0.0552. The van der Waals surface area contributed by atoms with Crippen LogP contribution in [0.3, 0.4) is 0 Å². The van der Waals surface area contributed by atoms with Crippen LogP contribution in [0.2, 0.25) is 0 Å². The predicted octanol–water partition coefficient (Wildman–Crippen LogP) is 4.46. The number of hydrogen-bond acceptors (Lipinski definition) is 5. The van der Waals surface area contributed by atoms with E-state index >= 15 is 0 Å². The van der Waals surface area contributed by atoms with Gasteiger partial charge in [-0.25, -0.2) is 9.97 Å². The van der Waals surface area contributed by atoms with Crippen molar-refractivity contribution in [2.24, 2.45) is 0 Å². The van der Waals surface area contributed by atoms with E-state index in [-0.39, 0.29) is 11.9 Å². The van der Waals surface area contributed by atoms with Crippen molar-refractivity contribution < 1.29 is 4.79 Å². The molecule has 1 unspecified atom stereocenters. The van der Waals surface area contributed by atoms with Crippen molar-refractivity contribution in [3.63, 3.8) is 0 Å². The standard InChI is InChI=1S/C22H24BrN5O/c1-2-15-9-10-24-20-18(15)7-5-8-19(20)21(29)28-11-4-3-6-17(28)14-27-22-25-12-16(23)13-26-22/h5,7-10,12-13,17H,2-4,6,11,14H2,1H3,(H,25,26,27). The quantitative estimate of drug-likeness (QED) is 0.617. The van der Waals surface area contributed by atoms with Crippen LogP contribution in [-0.2, 0) is 6.42 Å². The molecule has 1 aliphatic heterocycles. The van der Waals surface area contributed by atoms with Crippen LogP contribution in [0.4, 0.5) is 5.95 Å². The molecule has 4 rings (SSSR count). The zero-order valence-electron chi connectivity index (χ0n) is 16.4. The number of aryl methyl sites for hydroxylation is 1. The second-order valence-electron chi connectivity index (χ2n) is 7.28. The van der Waals surface area contributed by atoms with Gasteiger partial charge in [-0.1, -0.05) is 19.1 Å². The average molecular weight is 454 g/mol. The number of rotatable bonds is 5. The van der Waals surface area contributed by atoms with Crippen LogP contribution in [0.25, 0.3) is 10.9 Å². The Hall–Kier alpha value is -2.54. The van der Waals surface area contributed by atoms with E-state index in [1.54, 1.807) is 18.6 Å². The van der Waals surface area contributed by atoms with Crippen molar-refractivity contribution in [2.45, 2.75) is 38.6 Å². The highest BCUT2D eigenvalue weighted by molar-refractivity contribution is 9.10. The lowest BCUT2D eigenvalue weighted by Crippen LogP contribution is -2.47. The summed E-state index contributed by atoms with van der Waals surface area (Å²) in [5.74, 6) is 0.630. The van der Waals surface area contributed by atoms with Gasteiger partial charge in [-0.05, 0) is 59.3 Å². The smallest absolute Gasteiger partial charge is 0.256 e. The molecule has 1 saturated heterocycles. The predicted molar refractivity (Wildman–Crippen MR) is 118 cm³/mol. The number of aromatic nitrogens is 3. The Balaban J connectivity index is 1.57. The van der Waals surface area contributed by atoms with E-state index in [0.717, 1.165) is 47.6 Å². The number of anilines is 1. The van der Waals surface area contributed by atoms with Gasteiger partial charge in [0.15, 0.2) is 0 Å². The van der Waals surface area contributed by atoms with E-state index in [1.807, 2.05) is 23.1 Å². The Labute approximate surface area is 178 Å². The fourth-order valence-electron chi connectivity index (χ4n) is 3.96. The highest BCUT2D eigenvalue weighted by Crippen LogP contribution is 2.25. The first-order valence-corrected chi connectivity index (χ1v) is 10.9. The second kappa shape index (κ2) is 8.86. The van der Waals surface area contributed by atoms with Crippen LogP contribution in [0.15, 0.2) is 47.3 Å². The molecule has 3 heterocycles. The molecule has 2 aromatic heterocycles. The molecule has 7 heteroatoms. The molecule has 0 bridgehead atoms. The number of amides is 1. The summed E-state index contributed by atoms with van der Waals surface area (Å²) in [6.07, 6.45) is 9.25. The lowest BCUT2D eigenvalue weighted by atomic mass is 9.98. The summed E-state index contributed by atoms with van der Waals surface area (Å²) in [5, 5.41) is 4.35. The van der Waals surface area contributed by atoms with E-state index in [0.29, 0.717) is 18.1 Å². The second-order valence-corrected chi connectivity index (χ2v) is 8.19. The number of halogens is 1. The summed E-state index contributed by atoms with van der Waals surface area (Å²) in [6, 6.07) is 8.05. The lowest BCUT2D eigenvalue weighted by molar-refractivity contribution is 0.0630. The topological polar surface area (TPSA) is 71.0 Å². The van der Waals surface area contributed by atoms with Crippen LogP contribution in [-0.4, -0.2) is 44.9 Å². The van der Waals surface area contributed by atoms with E-state index < -0.39 is 0 Å². The molecular weight excluding hydrogens is 430 g/mol. The van der Waals surface area contributed by atoms with Gasteiger partial charge in [-0.3, -0.25) is 9.78 Å². The summed E-state index contributed by atoms with van der Waals surface area (Å²) in [7, 11) is 0. The Morgan fingerprint density at radius 2 is 2.03 bits per heavy atom. The molecule has 1 fully saturated rings. The third kappa shape index (κ3) is 4.24. The van der Waals surface area contributed by atoms with Crippen LogP contribution < -0.4 is 5.32 Å². The van der Waals surface area contributed by atoms with Crippen molar-refractivity contribution in [3.05, 3.63) is 58.5 Å². The summed E-state index contributed by atoms with van der Waals surface area (Å²) < 4.78 is 0.840. The van der Waals surface area contributed by atoms with Crippen molar-refractivity contribution in [1.29, 1.82) is 0 Å². The van der Waals surface area contributed by atoms with E-state index in [1.165, 1.54) is 5.56 Å². The Kier molecular flexibility index (Phi) is 6.04. The number of fused-ring (bicyclic) bond motifs is 1. The van der Waals surface area contributed by atoms with Crippen LogP contribution in [0.1, 0.15) is 42.1 Å². The fraction of sp³-hybridized carbons (Fsp3) is 0.364. The van der Waals surface area contributed by atoms with Gasteiger partial charge in [-0.15, -0.1) is 0 Å². The molecular formula is C22H24BrN5O. The van der Waals surface area contributed by atoms with Crippen molar-refractivity contribution in [1.82, 2.24) is 19.9 Å². The Morgan fingerprint density at radius 1 is 1.21 bits per heavy atom. The van der Waals surface area contributed by atoms with Crippen LogP contribution in [0, 0.1) is 0 Å².